The topological polar surface area (TPSA) is 93.7 Å². The summed E-state index contributed by atoms with van der Waals surface area (Å²) in [6.45, 7) is 0.969. The van der Waals surface area contributed by atoms with E-state index in [0.717, 1.165) is 19.3 Å². The molecule has 0 unspecified atom stereocenters. The molecule has 2 N–H and O–H groups in total. The van der Waals surface area contributed by atoms with Gasteiger partial charge in [-0.2, -0.15) is 0 Å². The molecule has 1 fully saturated rings. The van der Waals surface area contributed by atoms with Gasteiger partial charge in [0.25, 0.3) is 5.91 Å². The van der Waals surface area contributed by atoms with Gasteiger partial charge in [-0.25, -0.2) is 13.1 Å². The SMILES string of the molecule is O=C(Nc1cccc(S(=O)(=O)NC2CC2)c1)c1cc(Cl)c2c(c1)OCCCO2. The molecule has 4 rings (SSSR count). The average molecular weight is 423 g/mol. The summed E-state index contributed by atoms with van der Waals surface area (Å²) < 4.78 is 38.5. The number of sulfonamides is 1. The Morgan fingerprint density at radius 3 is 2.68 bits per heavy atom. The van der Waals surface area contributed by atoms with Crippen molar-refractivity contribution in [1.29, 1.82) is 0 Å². The zero-order chi connectivity index (χ0) is 19.7. The number of ether oxygens (including phenoxy) is 2. The molecule has 0 aromatic heterocycles. The van der Waals surface area contributed by atoms with Crippen LogP contribution in [-0.2, 0) is 10.0 Å². The van der Waals surface area contributed by atoms with Crippen molar-refractivity contribution in [1.82, 2.24) is 4.72 Å². The van der Waals surface area contributed by atoms with Crippen LogP contribution in [0.1, 0.15) is 29.6 Å². The van der Waals surface area contributed by atoms with Gasteiger partial charge in [-0.05, 0) is 43.2 Å². The summed E-state index contributed by atoms with van der Waals surface area (Å²) in [6.07, 6.45) is 2.42. The minimum Gasteiger partial charge on any atom is -0.489 e. The summed E-state index contributed by atoms with van der Waals surface area (Å²) in [5.74, 6) is 0.414. The highest BCUT2D eigenvalue weighted by molar-refractivity contribution is 7.89. The first kappa shape index (κ1) is 19.0. The fourth-order valence-electron chi connectivity index (χ4n) is 2.79. The molecule has 2 aromatic rings. The molecule has 0 saturated heterocycles. The molecule has 0 radical (unpaired) electrons. The van der Waals surface area contributed by atoms with E-state index in [0.29, 0.717) is 36.0 Å². The second-order valence-corrected chi connectivity index (χ2v) is 8.83. The summed E-state index contributed by atoms with van der Waals surface area (Å²) in [5.41, 5.74) is 0.658. The molecule has 9 heteroatoms. The zero-order valence-electron chi connectivity index (χ0n) is 14.9. The van der Waals surface area contributed by atoms with Gasteiger partial charge in [-0.15, -0.1) is 0 Å². The van der Waals surface area contributed by atoms with Gasteiger partial charge in [0.2, 0.25) is 10.0 Å². The van der Waals surface area contributed by atoms with E-state index in [1.165, 1.54) is 18.2 Å². The van der Waals surface area contributed by atoms with Gasteiger partial charge in [0.1, 0.15) is 0 Å². The van der Waals surface area contributed by atoms with Crippen LogP contribution >= 0.6 is 11.6 Å². The van der Waals surface area contributed by atoms with Crippen molar-refractivity contribution in [3.05, 3.63) is 47.0 Å². The Kier molecular flexibility index (Phi) is 5.18. The Balaban J connectivity index is 1.55. The fraction of sp³-hybridized carbons (Fsp3) is 0.316. The molecule has 2 aliphatic rings. The molecule has 0 atom stereocenters. The summed E-state index contributed by atoms with van der Waals surface area (Å²) in [6, 6.07) is 9.19. The summed E-state index contributed by atoms with van der Waals surface area (Å²) >= 11 is 6.23. The van der Waals surface area contributed by atoms with Crippen LogP contribution in [0.2, 0.25) is 5.02 Å². The van der Waals surface area contributed by atoms with Crippen molar-refractivity contribution < 1.29 is 22.7 Å². The summed E-state index contributed by atoms with van der Waals surface area (Å²) in [7, 11) is -3.60. The normalized spacial score (nSPS) is 16.3. The lowest BCUT2D eigenvalue weighted by atomic mass is 10.1. The van der Waals surface area contributed by atoms with E-state index in [4.69, 9.17) is 21.1 Å². The number of benzene rings is 2. The third kappa shape index (κ3) is 4.24. The first-order valence-corrected chi connectivity index (χ1v) is 10.8. The van der Waals surface area contributed by atoms with E-state index in [9.17, 15) is 13.2 Å². The first-order valence-electron chi connectivity index (χ1n) is 8.95. The molecule has 0 bridgehead atoms. The van der Waals surface area contributed by atoms with Gasteiger partial charge < -0.3 is 14.8 Å². The first-order chi connectivity index (χ1) is 13.4. The third-order valence-corrected chi connectivity index (χ3v) is 6.16. The monoisotopic (exact) mass is 422 g/mol. The van der Waals surface area contributed by atoms with Gasteiger partial charge in [0.15, 0.2) is 11.5 Å². The number of nitrogens with one attached hydrogen (secondary N) is 2. The Bertz CT molecular complexity index is 1020. The van der Waals surface area contributed by atoms with Crippen molar-refractivity contribution in [3.8, 4) is 11.5 Å². The van der Waals surface area contributed by atoms with Crippen molar-refractivity contribution in [2.45, 2.75) is 30.2 Å². The molecule has 1 saturated carbocycles. The van der Waals surface area contributed by atoms with Crippen LogP contribution in [0.4, 0.5) is 5.69 Å². The second-order valence-electron chi connectivity index (χ2n) is 6.71. The molecule has 0 spiro atoms. The molecular weight excluding hydrogens is 404 g/mol. The molecule has 1 heterocycles. The Morgan fingerprint density at radius 2 is 1.89 bits per heavy atom. The van der Waals surface area contributed by atoms with Gasteiger partial charge in [-0.1, -0.05) is 17.7 Å². The van der Waals surface area contributed by atoms with Crippen LogP contribution in [0.3, 0.4) is 0 Å². The highest BCUT2D eigenvalue weighted by atomic mass is 35.5. The molecule has 2 aromatic carbocycles. The second kappa shape index (κ2) is 7.62. The van der Waals surface area contributed by atoms with E-state index in [-0.39, 0.29) is 16.0 Å². The lowest BCUT2D eigenvalue weighted by Gasteiger charge is -2.12. The molecule has 1 aliphatic carbocycles. The number of carbonyl (C=O) groups excluding carboxylic acids is 1. The van der Waals surface area contributed by atoms with Crippen LogP contribution in [0.15, 0.2) is 41.3 Å². The van der Waals surface area contributed by atoms with Gasteiger partial charge in [0, 0.05) is 23.7 Å². The van der Waals surface area contributed by atoms with E-state index < -0.39 is 15.9 Å². The number of carbonyl (C=O) groups is 1. The number of fused-ring (bicyclic) bond motifs is 1. The maximum atomic E-state index is 12.7. The summed E-state index contributed by atoms with van der Waals surface area (Å²) in [5, 5.41) is 2.99. The molecule has 28 heavy (non-hydrogen) atoms. The van der Waals surface area contributed by atoms with Crippen LogP contribution in [0.25, 0.3) is 0 Å². The predicted molar refractivity (Wildman–Crippen MR) is 105 cm³/mol. The van der Waals surface area contributed by atoms with E-state index in [1.807, 2.05) is 0 Å². The van der Waals surface area contributed by atoms with Gasteiger partial charge >= 0.3 is 0 Å². The summed E-state index contributed by atoms with van der Waals surface area (Å²) in [4.78, 5) is 12.8. The molecule has 7 nitrogen and oxygen atoms in total. The lowest BCUT2D eigenvalue weighted by molar-refractivity contribution is 0.102. The van der Waals surface area contributed by atoms with Crippen molar-refractivity contribution in [3.63, 3.8) is 0 Å². The van der Waals surface area contributed by atoms with Crippen LogP contribution < -0.4 is 19.5 Å². The standard InChI is InChI=1S/C19H19ClN2O5S/c20-16-9-12(10-17-18(16)27-8-2-7-26-17)19(23)21-14-3-1-4-15(11-14)28(24,25)22-13-5-6-13/h1,3-4,9-11,13,22H,2,5-8H2,(H,21,23). The maximum Gasteiger partial charge on any atom is 0.255 e. The highest BCUT2D eigenvalue weighted by Gasteiger charge is 2.28. The minimum absolute atomic E-state index is 0.00665. The highest BCUT2D eigenvalue weighted by Crippen LogP contribution is 2.38. The number of anilines is 1. The number of halogens is 1. The number of hydrogen-bond acceptors (Lipinski definition) is 5. The van der Waals surface area contributed by atoms with E-state index in [1.54, 1.807) is 18.2 Å². The number of hydrogen-bond donors (Lipinski definition) is 2. The molecular formula is C19H19ClN2O5S. The third-order valence-electron chi connectivity index (χ3n) is 4.37. The zero-order valence-corrected chi connectivity index (χ0v) is 16.5. The Hall–Kier alpha value is -2.29. The van der Waals surface area contributed by atoms with E-state index in [2.05, 4.69) is 10.0 Å². The number of rotatable bonds is 5. The van der Waals surface area contributed by atoms with Gasteiger partial charge in [-0.3, -0.25) is 4.79 Å². The van der Waals surface area contributed by atoms with Crippen LogP contribution in [-0.4, -0.2) is 33.6 Å². The molecule has 1 aliphatic heterocycles. The Morgan fingerprint density at radius 1 is 1.11 bits per heavy atom. The predicted octanol–water partition coefficient (Wildman–Crippen LogP) is 3.19. The fourth-order valence-corrected chi connectivity index (χ4v) is 4.41. The smallest absolute Gasteiger partial charge is 0.255 e. The molecule has 148 valence electrons. The molecule has 1 amide bonds. The Labute approximate surface area is 168 Å². The van der Waals surface area contributed by atoms with Crippen molar-refractivity contribution >= 4 is 33.2 Å². The quantitative estimate of drug-likeness (QED) is 0.771. The number of amides is 1. The van der Waals surface area contributed by atoms with Crippen molar-refractivity contribution in [2.24, 2.45) is 0 Å². The maximum absolute atomic E-state index is 12.7. The van der Waals surface area contributed by atoms with E-state index >= 15 is 0 Å². The van der Waals surface area contributed by atoms with Crippen molar-refractivity contribution in [2.75, 3.05) is 18.5 Å². The minimum atomic E-state index is -3.60. The lowest BCUT2D eigenvalue weighted by Crippen LogP contribution is -2.25. The van der Waals surface area contributed by atoms with Crippen LogP contribution in [0, 0.1) is 0 Å². The van der Waals surface area contributed by atoms with Crippen LogP contribution in [0.5, 0.6) is 11.5 Å². The largest absolute Gasteiger partial charge is 0.489 e. The average Bonchev–Trinajstić information content (AvgIpc) is 3.48. The van der Waals surface area contributed by atoms with Gasteiger partial charge in [0.05, 0.1) is 23.1 Å².